The second-order valence-corrected chi connectivity index (χ2v) is 3.50. The number of carbonyl (C=O) groups is 1. The predicted octanol–water partition coefficient (Wildman–Crippen LogP) is 2.96. The SMILES string of the molecule is O=C1C=C(c2ccc(F)cc2)CCC1. The summed E-state index contributed by atoms with van der Waals surface area (Å²) in [6.45, 7) is 0. The van der Waals surface area contributed by atoms with E-state index in [1.807, 2.05) is 0 Å². The molecule has 2 rings (SSSR count). The standard InChI is InChI=1S/C12H11FO/c13-11-6-4-9(5-7-11)10-2-1-3-12(14)8-10/h4-8H,1-3H2. The van der Waals surface area contributed by atoms with Crippen LogP contribution in [0.3, 0.4) is 0 Å². The van der Waals surface area contributed by atoms with Gasteiger partial charge < -0.3 is 0 Å². The fraction of sp³-hybridized carbons (Fsp3) is 0.250. The minimum Gasteiger partial charge on any atom is -0.295 e. The van der Waals surface area contributed by atoms with Gasteiger partial charge in [-0.25, -0.2) is 4.39 Å². The molecule has 0 spiro atoms. The van der Waals surface area contributed by atoms with E-state index in [0.717, 1.165) is 24.0 Å². The van der Waals surface area contributed by atoms with Crippen molar-refractivity contribution >= 4 is 11.4 Å². The maximum absolute atomic E-state index is 12.6. The Bertz CT molecular complexity index is 376. The summed E-state index contributed by atoms with van der Waals surface area (Å²) in [5.74, 6) is -0.0629. The van der Waals surface area contributed by atoms with Crippen molar-refractivity contribution in [1.29, 1.82) is 0 Å². The number of benzene rings is 1. The third kappa shape index (κ3) is 1.90. The van der Waals surface area contributed by atoms with Gasteiger partial charge in [-0.3, -0.25) is 4.79 Å². The van der Waals surface area contributed by atoms with E-state index in [1.54, 1.807) is 18.2 Å². The number of hydrogen-bond acceptors (Lipinski definition) is 1. The highest BCUT2D eigenvalue weighted by Gasteiger charge is 2.10. The van der Waals surface area contributed by atoms with Gasteiger partial charge in [0.05, 0.1) is 0 Å². The minimum atomic E-state index is -0.239. The van der Waals surface area contributed by atoms with Crippen LogP contribution in [0, 0.1) is 5.82 Å². The molecule has 0 heterocycles. The number of ketones is 1. The molecule has 1 aromatic rings. The van der Waals surface area contributed by atoms with Crippen LogP contribution in [-0.4, -0.2) is 5.78 Å². The first-order valence-corrected chi connectivity index (χ1v) is 4.75. The molecule has 0 aliphatic heterocycles. The van der Waals surface area contributed by atoms with E-state index in [9.17, 15) is 9.18 Å². The largest absolute Gasteiger partial charge is 0.295 e. The quantitative estimate of drug-likeness (QED) is 0.665. The first-order valence-electron chi connectivity index (χ1n) is 4.75. The zero-order chi connectivity index (χ0) is 9.97. The van der Waals surface area contributed by atoms with Gasteiger partial charge in [-0.15, -0.1) is 0 Å². The molecule has 72 valence electrons. The highest BCUT2D eigenvalue weighted by atomic mass is 19.1. The number of allylic oxidation sites excluding steroid dienone is 2. The lowest BCUT2D eigenvalue weighted by molar-refractivity contribution is -0.114. The molecule has 1 nitrogen and oxygen atoms in total. The van der Waals surface area contributed by atoms with Gasteiger partial charge in [-0.1, -0.05) is 12.1 Å². The van der Waals surface area contributed by atoms with E-state index in [0.29, 0.717) is 6.42 Å². The van der Waals surface area contributed by atoms with Crippen LogP contribution in [-0.2, 0) is 4.79 Å². The molecule has 0 unspecified atom stereocenters. The van der Waals surface area contributed by atoms with Gasteiger partial charge in [0.15, 0.2) is 5.78 Å². The Kier molecular flexibility index (Phi) is 2.44. The first-order chi connectivity index (χ1) is 6.75. The van der Waals surface area contributed by atoms with Gasteiger partial charge in [0, 0.05) is 6.42 Å². The van der Waals surface area contributed by atoms with E-state index in [2.05, 4.69) is 0 Å². The Hall–Kier alpha value is -1.44. The molecule has 1 aliphatic rings. The Labute approximate surface area is 82.3 Å². The van der Waals surface area contributed by atoms with E-state index in [-0.39, 0.29) is 11.6 Å². The van der Waals surface area contributed by atoms with Crippen LogP contribution < -0.4 is 0 Å². The average Bonchev–Trinajstić information content (AvgIpc) is 2.19. The summed E-state index contributed by atoms with van der Waals surface area (Å²) in [7, 11) is 0. The van der Waals surface area contributed by atoms with E-state index in [1.165, 1.54) is 12.1 Å². The number of rotatable bonds is 1. The van der Waals surface area contributed by atoms with Crippen molar-refractivity contribution in [3.05, 3.63) is 41.7 Å². The van der Waals surface area contributed by atoms with Crippen LogP contribution in [0.25, 0.3) is 5.57 Å². The fourth-order valence-corrected chi connectivity index (χ4v) is 1.68. The second kappa shape index (κ2) is 3.74. The zero-order valence-electron chi connectivity index (χ0n) is 7.79. The van der Waals surface area contributed by atoms with E-state index >= 15 is 0 Å². The number of carbonyl (C=O) groups excluding carboxylic acids is 1. The smallest absolute Gasteiger partial charge is 0.155 e. The minimum absolute atomic E-state index is 0.176. The van der Waals surface area contributed by atoms with Crippen molar-refractivity contribution in [2.75, 3.05) is 0 Å². The summed E-state index contributed by atoms with van der Waals surface area (Å²) in [6.07, 6.45) is 4.14. The third-order valence-corrected chi connectivity index (χ3v) is 2.42. The monoisotopic (exact) mass is 190 g/mol. The van der Waals surface area contributed by atoms with Crippen LogP contribution in [0.15, 0.2) is 30.3 Å². The maximum Gasteiger partial charge on any atom is 0.155 e. The molecule has 2 heteroatoms. The molecule has 0 saturated heterocycles. The molecule has 1 aliphatic carbocycles. The third-order valence-electron chi connectivity index (χ3n) is 2.42. The molecule has 0 amide bonds. The van der Waals surface area contributed by atoms with Crippen molar-refractivity contribution in [2.45, 2.75) is 19.3 Å². The van der Waals surface area contributed by atoms with Crippen LogP contribution in [0.4, 0.5) is 4.39 Å². The lowest BCUT2D eigenvalue weighted by atomic mass is 9.93. The molecule has 0 saturated carbocycles. The van der Waals surface area contributed by atoms with E-state index < -0.39 is 0 Å². The lowest BCUT2D eigenvalue weighted by Gasteiger charge is -2.11. The summed E-state index contributed by atoms with van der Waals surface area (Å²) < 4.78 is 12.6. The molecule has 0 N–H and O–H groups in total. The van der Waals surface area contributed by atoms with Crippen LogP contribution in [0.1, 0.15) is 24.8 Å². The Morgan fingerprint density at radius 3 is 2.43 bits per heavy atom. The number of halogens is 1. The van der Waals surface area contributed by atoms with Crippen molar-refractivity contribution in [3.63, 3.8) is 0 Å². The van der Waals surface area contributed by atoms with Gasteiger partial charge in [-0.2, -0.15) is 0 Å². The van der Waals surface area contributed by atoms with Gasteiger partial charge in [0.2, 0.25) is 0 Å². The second-order valence-electron chi connectivity index (χ2n) is 3.50. The Morgan fingerprint density at radius 2 is 1.79 bits per heavy atom. The Balaban J connectivity index is 2.30. The van der Waals surface area contributed by atoms with Crippen molar-refractivity contribution in [3.8, 4) is 0 Å². The highest BCUT2D eigenvalue weighted by molar-refractivity contribution is 5.98. The fourth-order valence-electron chi connectivity index (χ4n) is 1.68. The summed E-state index contributed by atoms with van der Waals surface area (Å²) in [4.78, 5) is 11.2. The summed E-state index contributed by atoms with van der Waals surface area (Å²) >= 11 is 0. The molecule has 0 aromatic heterocycles. The van der Waals surface area contributed by atoms with Gasteiger partial charge in [-0.05, 0) is 42.2 Å². The first kappa shape index (κ1) is 9.13. The highest BCUT2D eigenvalue weighted by Crippen LogP contribution is 2.25. The van der Waals surface area contributed by atoms with Crippen molar-refractivity contribution < 1.29 is 9.18 Å². The summed E-state index contributed by atoms with van der Waals surface area (Å²) in [6, 6.07) is 6.30. The van der Waals surface area contributed by atoms with Gasteiger partial charge in [0.1, 0.15) is 5.82 Å². The van der Waals surface area contributed by atoms with Crippen molar-refractivity contribution in [2.24, 2.45) is 0 Å². The summed E-state index contributed by atoms with van der Waals surface area (Å²) in [5, 5.41) is 0. The van der Waals surface area contributed by atoms with Crippen molar-refractivity contribution in [1.82, 2.24) is 0 Å². The van der Waals surface area contributed by atoms with Gasteiger partial charge in [0.25, 0.3) is 0 Å². The maximum atomic E-state index is 12.6. The van der Waals surface area contributed by atoms with Crippen LogP contribution >= 0.6 is 0 Å². The van der Waals surface area contributed by atoms with Crippen LogP contribution in [0.5, 0.6) is 0 Å². The molecule has 0 atom stereocenters. The molecule has 0 bridgehead atoms. The summed E-state index contributed by atoms with van der Waals surface area (Å²) in [5.41, 5.74) is 1.99. The zero-order valence-corrected chi connectivity index (χ0v) is 7.79. The lowest BCUT2D eigenvalue weighted by Crippen LogP contribution is -2.01. The Morgan fingerprint density at radius 1 is 1.07 bits per heavy atom. The van der Waals surface area contributed by atoms with Gasteiger partial charge >= 0.3 is 0 Å². The average molecular weight is 190 g/mol. The normalized spacial score (nSPS) is 16.6. The molecular weight excluding hydrogens is 179 g/mol. The topological polar surface area (TPSA) is 17.1 Å². The van der Waals surface area contributed by atoms with Crippen LogP contribution in [0.2, 0.25) is 0 Å². The molecule has 1 aromatic carbocycles. The molecule has 0 fully saturated rings. The van der Waals surface area contributed by atoms with E-state index in [4.69, 9.17) is 0 Å². The molecule has 0 radical (unpaired) electrons. The predicted molar refractivity (Wildman–Crippen MR) is 53.2 cm³/mol. The molecule has 14 heavy (non-hydrogen) atoms. The number of hydrogen-bond donors (Lipinski definition) is 0. The molecular formula is C12H11FO.